The molecule has 0 radical (unpaired) electrons. The largest absolute Gasteiger partial charge is 0.355 e. The molecule has 26 heavy (non-hydrogen) atoms. The van der Waals surface area contributed by atoms with Crippen molar-refractivity contribution >= 4 is 17.5 Å². The summed E-state index contributed by atoms with van der Waals surface area (Å²) in [6.07, 6.45) is 1.42. The minimum atomic E-state index is -0.368. The number of rotatable bonds is 4. The molecule has 0 spiro atoms. The lowest BCUT2D eigenvalue weighted by Crippen LogP contribution is -2.18. The van der Waals surface area contributed by atoms with Gasteiger partial charge in [0, 0.05) is 24.4 Å². The van der Waals surface area contributed by atoms with E-state index in [1.807, 2.05) is 0 Å². The van der Waals surface area contributed by atoms with E-state index in [1.165, 1.54) is 30.1 Å². The van der Waals surface area contributed by atoms with Crippen molar-refractivity contribution in [1.29, 1.82) is 0 Å². The Morgan fingerprint density at radius 3 is 2.65 bits per heavy atom. The van der Waals surface area contributed by atoms with Gasteiger partial charge in [-0.2, -0.15) is 10.2 Å². The SMILES string of the molecule is CNC(=O)c1cccc(NC(=O)c2cnn(-c3ccc(=O)[nH]n3)c2C)c1. The smallest absolute Gasteiger partial charge is 0.264 e. The van der Waals surface area contributed by atoms with Crippen molar-refractivity contribution in [3.05, 3.63) is 69.8 Å². The first-order chi connectivity index (χ1) is 12.5. The normalized spacial score (nSPS) is 10.4. The second-order valence-electron chi connectivity index (χ2n) is 5.45. The standard InChI is InChI=1S/C17H16N6O3/c1-10-13(9-19-23(10)14-6-7-15(24)22-21-14)17(26)20-12-5-3-4-11(8-12)16(25)18-2/h3-9H,1-2H3,(H,18,25)(H,20,26)(H,22,24). The van der Waals surface area contributed by atoms with Crippen LogP contribution >= 0.6 is 0 Å². The van der Waals surface area contributed by atoms with Crippen LogP contribution in [-0.2, 0) is 0 Å². The summed E-state index contributed by atoms with van der Waals surface area (Å²) in [5, 5.41) is 15.6. The Hall–Kier alpha value is -3.75. The lowest BCUT2D eigenvalue weighted by molar-refractivity contribution is 0.0961. The van der Waals surface area contributed by atoms with E-state index in [9.17, 15) is 14.4 Å². The fourth-order valence-electron chi connectivity index (χ4n) is 2.40. The van der Waals surface area contributed by atoms with Crippen LogP contribution in [0.3, 0.4) is 0 Å². The third-order valence-electron chi connectivity index (χ3n) is 3.75. The Morgan fingerprint density at radius 1 is 1.15 bits per heavy atom. The number of hydrogen-bond acceptors (Lipinski definition) is 5. The summed E-state index contributed by atoms with van der Waals surface area (Å²) in [4.78, 5) is 35.3. The topological polar surface area (TPSA) is 122 Å². The molecular formula is C17H16N6O3. The van der Waals surface area contributed by atoms with Gasteiger partial charge in [-0.1, -0.05) is 6.07 Å². The maximum atomic E-state index is 12.5. The monoisotopic (exact) mass is 352 g/mol. The van der Waals surface area contributed by atoms with E-state index in [0.29, 0.717) is 28.3 Å². The lowest BCUT2D eigenvalue weighted by Gasteiger charge is -2.07. The number of nitrogens with zero attached hydrogens (tertiary/aromatic N) is 3. The molecule has 3 rings (SSSR count). The van der Waals surface area contributed by atoms with Gasteiger partial charge in [-0.3, -0.25) is 14.4 Å². The van der Waals surface area contributed by atoms with Crippen LogP contribution in [0.4, 0.5) is 5.69 Å². The summed E-state index contributed by atoms with van der Waals surface area (Å²) in [5.41, 5.74) is 1.51. The van der Waals surface area contributed by atoms with Crippen molar-refractivity contribution in [2.24, 2.45) is 0 Å². The molecule has 2 heterocycles. The first-order valence-electron chi connectivity index (χ1n) is 7.74. The number of anilines is 1. The Balaban J connectivity index is 1.84. The molecule has 3 N–H and O–H groups in total. The first kappa shape index (κ1) is 17.1. The second-order valence-corrected chi connectivity index (χ2v) is 5.45. The van der Waals surface area contributed by atoms with Crippen LogP contribution in [0.15, 0.2) is 47.4 Å². The van der Waals surface area contributed by atoms with Gasteiger partial charge >= 0.3 is 0 Å². The zero-order chi connectivity index (χ0) is 18.7. The van der Waals surface area contributed by atoms with E-state index in [2.05, 4.69) is 25.9 Å². The summed E-state index contributed by atoms with van der Waals surface area (Å²) >= 11 is 0. The Kier molecular flexibility index (Phi) is 4.61. The molecule has 9 heteroatoms. The number of carbonyl (C=O) groups excluding carboxylic acids is 2. The minimum Gasteiger partial charge on any atom is -0.355 e. The van der Waals surface area contributed by atoms with Crippen LogP contribution in [0.25, 0.3) is 5.82 Å². The molecule has 2 amide bonds. The molecule has 1 aromatic carbocycles. The van der Waals surface area contributed by atoms with Crippen LogP contribution in [0, 0.1) is 6.92 Å². The molecule has 0 atom stereocenters. The van der Waals surface area contributed by atoms with Gasteiger partial charge in [-0.05, 0) is 31.2 Å². The highest BCUT2D eigenvalue weighted by Crippen LogP contribution is 2.15. The zero-order valence-electron chi connectivity index (χ0n) is 14.1. The number of carbonyl (C=O) groups is 2. The fraction of sp³-hybridized carbons (Fsp3) is 0.118. The van der Waals surface area contributed by atoms with Crippen molar-refractivity contribution in [3.63, 3.8) is 0 Å². The molecule has 9 nitrogen and oxygen atoms in total. The van der Waals surface area contributed by atoms with Crippen LogP contribution in [0.1, 0.15) is 26.4 Å². The summed E-state index contributed by atoms with van der Waals surface area (Å²) in [6.45, 7) is 1.72. The molecule has 132 valence electrons. The molecule has 0 saturated heterocycles. The van der Waals surface area contributed by atoms with Gasteiger partial charge in [-0.25, -0.2) is 9.78 Å². The number of aromatic amines is 1. The van der Waals surface area contributed by atoms with Crippen LogP contribution < -0.4 is 16.2 Å². The predicted molar refractivity (Wildman–Crippen MR) is 94.5 cm³/mol. The van der Waals surface area contributed by atoms with E-state index in [-0.39, 0.29) is 17.4 Å². The van der Waals surface area contributed by atoms with Crippen molar-refractivity contribution in [2.75, 3.05) is 12.4 Å². The summed E-state index contributed by atoms with van der Waals surface area (Å²) < 4.78 is 1.45. The maximum Gasteiger partial charge on any atom is 0.264 e. The molecule has 0 fully saturated rings. The van der Waals surface area contributed by atoms with Gasteiger partial charge in [0.1, 0.15) is 0 Å². The average Bonchev–Trinajstić information content (AvgIpc) is 3.03. The van der Waals surface area contributed by atoms with Crippen molar-refractivity contribution in [3.8, 4) is 5.82 Å². The predicted octanol–water partition coefficient (Wildman–Crippen LogP) is 0.876. The number of nitrogens with one attached hydrogen (secondary N) is 3. The molecule has 2 aromatic heterocycles. The molecular weight excluding hydrogens is 336 g/mol. The van der Waals surface area contributed by atoms with Crippen molar-refractivity contribution in [1.82, 2.24) is 25.3 Å². The molecule has 3 aromatic rings. The molecule has 0 aliphatic carbocycles. The molecule has 0 saturated carbocycles. The number of H-pyrrole nitrogens is 1. The lowest BCUT2D eigenvalue weighted by atomic mass is 10.1. The Bertz CT molecular complexity index is 1020. The zero-order valence-corrected chi connectivity index (χ0v) is 14.1. The third-order valence-corrected chi connectivity index (χ3v) is 3.75. The van der Waals surface area contributed by atoms with E-state index in [4.69, 9.17) is 0 Å². The number of hydrogen-bond donors (Lipinski definition) is 3. The summed E-state index contributed by atoms with van der Waals surface area (Å²) in [7, 11) is 1.54. The molecule has 0 aliphatic rings. The van der Waals surface area contributed by atoms with Crippen LogP contribution in [0.2, 0.25) is 0 Å². The van der Waals surface area contributed by atoms with E-state index in [0.717, 1.165) is 0 Å². The first-order valence-corrected chi connectivity index (χ1v) is 7.74. The van der Waals surface area contributed by atoms with Gasteiger partial charge in [0.2, 0.25) is 0 Å². The quantitative estimate of drug-likeness (QED) is 0.643. The van der Waals surface area contributed by atoms with Crippen LogP contribution in [0.5, 0.6) is 0 Å². The summed E-state index contributed by atoms with van der Waals surface area (Å²) in [5.74, 6) is -0.218. The Labute approximate surface area is 148 Å². The van der Waals surface area contributed by atoms with E-state index < -0.39 is 0 Å². The average molecular weight is 352 g/mol. The number of amides is 2. The second kappa shape index (κ2) is 7.01. The van der Waals surface area contributed by atoms with Crippen molar-refractivity contribution in [2.45, 2.75) is 6.92 Å². The fourth-order valence-corrected chi connectivity index (χ4v) is 2.40. The Morgan fingerprint density at radius 2 is 1.96 bits per heavy atom. The third kappa shape index (κ3) is 3.36. The van der Waals surface area contributed by atoms with Crippen molar-refractivity contribution < 1.29 is 9.59 Å². The number of aromatic nitrogens is 4. The highest BCUT2D eigenvalue weighted by molar-refractivity contribution is 6.05. The molecule has 0 aliphatic heterocycles. The maximum absolute atomic E-state index is 12.5. The summed E-state index contributed by atoms with van der Waals surface area (Å²) in [6, 6.07) is 9.44. The number of benzene rings is 1. The highest BCUT2D eigenvalue weighted by atomic mass is 16.2. The highest BCUT2D eigenvalue weighted by Gasteiger charge is 2.16. The van der Waals surface area contributed by atoms with Gasteiger partial charge in [0.15, 0.2) is 5.82 Å². The molecule has 0 unspecified atom stereocenters. The van der Waals surface area contributed by atoms with Gasteiger partial charge < -0.3 is 10.6 Å². The van der Waals surface area contributed by atoms with Crippen LogP contribution in [-0.4, -0.2) is 38.8 Å². The van der Waals surface area contributed by atoms with E-state index >= 15 is 0 Å². The van der Waals surface area contributed by atoms with E-state index in [1.54, 1.807) is 31.2 Å². The minimum absolute atomic E-state index is 0.241. The van der Waals surface area contributed by atoms with Gasteiger partial charge in [0.25, 0.3) is 17.4 Å². The molecule has 0 bridgehead atoms. The van der Waals surface area contributed by atoms with Gasteiger partial charge in [-0.15, -0.1) is 0 Å². The van der Waals surface area contributed by atoms with Gasteiger partial charge in [0.05, 0.1) is 17.5 Å².